The van der Waals surface area contributed by atoms with E-state index in [-0.39, 0.29) is 23.4 Å². The molecule has 1 aromatic heterocycles. The Morgan fingerprint density at radius 2 is 1.74 bits per heavy atom. The number of rotatable bonds is 7. The van der Waals surface area contributed by atoms with E-state index in [0.717, 1.165) is 22.4 Å². The van der Waals surface area contributed by atoms with Gasteiger partial charge in [-0.05, 0) is 79.9 Å². The number of hydrogen-bond acceptors (Lipinski definition) is 5. The number of nitrogens with zero attached hydrogens (tertiary/aromatic N) is 3. The van der Waals surface area contributed by atoms with Crippen molar-refractivity contribution in [1.82, 2.24) is 9.66 Å². The number of methoxy groups -OCH3 is 1. The maximum atomic E-state index is 13.5. The molecule has 0 fully saturated rings. The van der Waals surface area contributed by atoms with Crippen molar-refractivity contribution in [3.8, 4) is 22.9 Å². The highest BCUT2D eigenvalue weighted by Crippen LogP contribution is 2.43. The van der Waals surface area contributed by atoms with E-state index in [4.69, 9.17) is 32.7 Å². The van der Waals surface area contributed by atoms with Gasteiger partial charge in [-0.1, -0.05) is 53.5 Å². The van der Waals surface area contributed by atoms with Crippen molar-refractivity contribution >= 4 is 72.2 Å². The second-order valence-corrected chi connectivity index (χ2v) is 11.5. The number of hydrogen-bond donors (Lipinski definition) is 0. The van der Waals surface area contributed by atoms with Gasteiger partial charge in [0, 0.05) is 15.6 Å². The van der Waals surface area contributed by atoms with E-state index in [9.17, 15) is 18.0 Å². The van der Waals surface area contributed by atoms with Crippen molar-refractivity contribution in [3.05, 3.63) is 119 Å². The molecule has 0 unspecified atom stereocenters. The van der Waals surface area contributed by atoms with Crippen LogP contribution in [0.3, 0.4) is 0 Å². The molecular weight excluding hydrogens is 738 g/mol. The van der Waals surface area contributed by atoms with Gasteiger partial charge in [0.1, 0.15) is 6.61 Å². The van der Waals surface area contributed by atoms with Gasteiger partial charge in [-0.25, -0.2) is 4.98 Å². The van der Waals surface area contributed by atoms with Gasteiger partial charge in [0.15, 0.2) is 17.3 Å². The summed E-state index contributed by atoms with van der Waals surface area (Å²) in [5.41, 5.74) is 0.198. The van der Waals surface area contributed by atoms with Crippen molar-refractivity contribution < 1.29 is 22.6 Å². The molecular formula is C30H18Br2Cl2F3N3O3. The van der Waals surface area contributed by atoms with Gasteiger partial charge in [-0.15, -0.1) is 0 Å². The Kier molecular flexibility index (Phi) is 9.17. The van der Waals surface area contributed by atoms with Crippen LogP contribution < -0.4 is 15.0 Å². The summed E-state index contributed by atoms with van der Waals surface area (Å²) in [4.78, 5) is 18.0. The first kappa shape index (κ1) is 31.1. The molecule has 0 saturated heterocycles. The molecule has 0 amide bonds. The van der Waals surface area contributed by atoms with Gasteiger partial charge in [-0.2, -0.15) is 22.9 Å². The second-order valence-electron chi connectivity index (χ2n) is 9.05. The lowest BCUT2D eigenvalue weighted by Gasteiger charge is -2.16. The molecule has 4 aromatic carbocycles. The fourth-order valence-electron chi connectivity index (χ4n) is 4.14. The van der Waals surface area contributed by atoms with Gasteiger partial charge in [0.25, 0.3) is 5.56 Å². The van der Waals surface area contributed by atoms with E-state index in [2.05, 4.69) is 41.9 Å². The predicted octanol–water partition coefficient (Wildman–Crippen LogP) is 9.38. The largest absolute Gasteiger partial charge is 0.493 e. The lowest BCUT2D eigenvalue weighted by atomic mass is 10.1. The molecule has 0 aliphatic carbocycles. The summed E-state index contributed by atoms with van der Waals surface area (Å²) in [7, 11) is 1.46. The van der Waals surface area contributed by atoms with Crippen LogP contribution in [0.15, 0.2) is 91.6 Å². The van der Waals surface area contributed by atoms with Crippen molar-refractivity contribution in [2.75, 3.05) is 7.11 Å². The van der Waals surface area contributed by atoms with E-state index in [0.29, 0.717) is 41.6 Å². The van der Waals surface area contributed by atoms with Crippen molar-refractivity contribution in [2.45, 2.75) is 12.8 Å². The number of aromatic nitrogens is 2. The number of para-hydroxylation sites is 1. The fraction of sp³-hybridized carbons (Fsp3) is 0.100. The third kappa shape index (κ3) is 6.59. The average Bonchev–Trinajstić information content (AvgIpc) is 2.99. The lowest BCUT2D eigenvalue weighted by Crippen LogP contribution is -2.20. The molecule has 1 heterocycles. The zero-order chi connectivity index (χ0) is 30.9. The third-order valence-corrected chi connectivity index (χ3v) is 9.14. The SMILES string of the molecule is COc1cc(C=Nn2c(-c3cccc(C(F)(F)F)c3)nc3ccccc3c2=O)c(Br)c(Br)c1OCc1ccc(Cl)c(Cl)c1. The second kappa shape index (κ2) is 12.7. The van der Waals surface area contributed by atoms with Gasteiger partial charge in [-0.3, -0.25) is 4.79 Å². The quantitative estimate of drug-likeness (QED) is 0.155. The molecule has 0 N–H and O–H groups in total. The molecule has 0 atom stereocenters. The summed E-state index contributed by atoms with van der Waals surface area (Å²) < 4.78 is 54.0. The standard InChI is InChI=1S/C30H18Br2Cl2F3N3O3/c1-42-24-13-18(25(31)26(32)27(24)43-15-16-9-10-21(33)22(34)11-16)14-38-40-28(17-5-4-6-19(12-17)30(35,36)37)39-23-8-3-2-7-20(23)29(40)41/h2-14H,15H2,1H3. The van der Waals surface area contributed by atoms with Crippen molar-refractivity contribution in [1.29, 1.82) is 0 Å². The molecule has 220 valence electrons. The van der Waals surface area contributed by atoms with Crippen molar-refractivity contribution in [2.24, 2.45) is 5.10 Å². The Balaban J connectivity index is 1.57. The highest BCUT2D eigenvalue weighted by Gasteiger charge is 2.31. The van der Waals surface area contributed by atoms with Crippen LogP contribution in [0.2, 0.25) is 10.0 Å². The molecule has 5 rings (SSSR count). The fourth-order valence-corrected chi connectivity index (χ4v) is 5.40. The Morgan fingerprint density at radius 3 is 2.47 bits per heavy atom. The number of fused-ring (bicyclic) bond motifs is 1. The van der Waals surface area contributed by atoms with Crippen LogP contribution in [0.1, 0.15) is 16.7 Å². The molecule has 0 bridgehead atoms. The monoisotopic (exact) mass is 753 g/mol. The summed E-state index contributed by atoms with van der Waals surface area (Å²) in [6.07, 6.45) is -3.21. The summed E-state index contributed by atoms with van der Waals surface area (Å²) >= 11 is 19.2. The zero-order valence-corrected chi connectivity index (χ0v) is 26.6. The summed E-state index contributed by atoms with van der Waals surface area (Å²) in [5.74, 6) is 0.667. The predicted molar refractivity (Wildman–Crippen MR) is 169 cm³/mol. The Morgan fingerprint density at radius 1 is 0.977 bits per heavy atom. The van der Waals surface area contributed by atoms with E-state index in [1.54, 1.807) is 48.5 Å². The van der Waals surface area contributed by atoms with Crippen LogP contribution in [0.4, 0.5) is 13.2 Å². The van der Waals surface area contributed by atoms with Crippen LogP contribution in [0.5, 0.6) is 11.5 Å². The minimum Gasteiger partial charge on any atom is -0.493 e. The van der Waals surface area contributed by atoms with E-state index in [1.807, 2.05) is 0 Å². The molecule has 6 nitrogen and oxygen atoms in total. The summed E-state index contributed by atoms with van der Waals surface area (Å²) in [6, 6.07) is 17.9. The molecule has 13 heteroatoms. The van der Waals surface area contributed by atoms with Gasteiger partial charge in [0.2, 0.25) is 0 Å². The molecule has 0 saturated carbocycles. The van der Waals surface area contributed by atoms with Crippen LogP contribution in [0, 0.1) is 0 Å². The molecule has 0 aliphatic rings. The van der Waals surface area contributed by atoms with Gasteiger partial charge < -0.3 is 9.47 Å². The first-order chi connectivity index (χ1) is 20.5. The Hall–Kier alpha value is -3.38. The first-order valence-electron chi connectivity index (χ1n) is 12.3. The normalized spacial score (nSPS) is 11.8. The van der Waals surface area contributed by atoms with E-state index in [1.165, 1.54) is 25.5 Å². The maximum absolute atomic E-state index is 13.5. The van der Waals surface area contributed by atoms with Gasteiger partial charge in [0.05, 0.1) is 44.3 Å². The number of halogens is 7. The molecule has 5 aromatic rings. The topological polar surface area (TPSA) is 65.7 Å². The van der Waals surface area contributed by atoms with Gasteiger partial charge >= 0.3 is 6.18 Å². The van der Waals surface area contributed by atoms with Crippen LogP contribution in [-0.4, -0.2) is 23.0 Å². The average molecular weight is 756 g/mol. The van der Waals surface area contributed by atoms with Crippen LogP contribution in [-0.2, 0) is 12.8 Å². The zero-order valence-electron chi connectivity index (χ0n) is 21.9. The molecule has 43 heavy (non-hydrogen) atoms. The number of alkyl halides is 3. The van der Waals surface area contributed by atoms with Crippen LogP contribution >= 0.6 is 55.1 Å². The smallest absolute Gasteiger partial charge is 0.416 e. The summed E-state index contributed by atoms with van der Waals surface area (Å²) in [5, 5.41) is 5.44. The molecule has 0 aliphatic heterocycles. The number of ether oxygens (including phenoxy) is 2. The highest BCUT2D eigenvalue weighted by molar-refractivity contribution is 9.13. The lowest BCUT2D eigenvalue weighted by molar-refractivity contribution is -0.137. The van der Waals surface area contributed by atoms with Crippen molar-refractivity contribution in [3.63, 3.8) is 0 Å². The molecule has 0 radical (unpaired) electrons. The van der Waals surface area contributed by atoms with E-state index >= 15 is 0 Å². The highest BCUT2D eigenvalue weighted by atomic mass is 79.9. The molecule has 0 spiro atoms. The third-order valence-electron chi connectivity index (χ3n) is 6.26. The van der Waals surface area contributed by atoms with Crippen LogP contribution in [0.25, 0.3) is 22.3 Å². The minimum absolute atomic E-state index is 0.0604. The summed E-state index contributed by atoms with van der Waals surface area (Å²) in [6.45, 7) is 0.157. The Labute approximate surface area is 269 Å². The Bertz CT molecular complexity index is 1950. The maximum Gasteiger partial charge on any atom is 0.416 e. The first-order valence-corrected chi connectivity index (χ1v) is 14.7. The van der Waals surface area contributed by atoms with E-state index < -0.39 is 17.3 Å². The minimum atomic E-state index is -4.58. The number of benzene rings is 4.